The van der Waals surface area contributed by atoms with E-state index in [-0.39, 0.29) is 11.8 Å². The molecule has 2 N–H and O–H groups in total. The molecule has 1 saturated heterocycles. The Bertz CT molecular complexity index is 1400. The summed E-state index contributed by atoms with van der Waals surface area (Å²) in [6, 6.07) is 15.6. The van der Waals surface area contributed by atoms with Gasteiger partial charge in [-0.25, -0.2) is 0 Å². The van der Waals surface area contributed by atoms with E-state index < -0.39 is 5.41 Å². The molecule has 0 bridgehead atoms. The van der Waals surface area contributed by atoms with E-state index in [9.17, 15) is 9.59 Å². The summed E-state index contributed by atoms with van der Waals surface area (Å²) < 4.78 is 0. The van der Waals surface area contributed by atoms with Crippen molar-refractivity contribution < 1.29 is 9.59 Å². The number of H-pyrrole nitrogens is 1. The number of carbonyl (C=O) groups excluding carboxylic acids is 2. The van der Waals surface area contributed by atoms with Gasteiger partial charge >= 0.3 is 0 Å². The molecule has 2 aromatic heterocycles. The molecule has 2 aliphatic heterocycles. The standard InChI is InChI=1S/C27H26N4O2S/c1-27(2)21-8-7-18(25(32)29-23-12-28-22-6-4-3-5-20(22)23)11-24(21)31(26(27)33)15-17-13-30(14-17)19-9-10-34-16-19/h3-12,16-17,28H,13-15H2,1-2H3,(H,29,32). The SMILES string of the molecule is CC1(C)C(=O)N(CC2CN(c3ccsc3)C2)c2cc(C(=O)Nc3c[nH]c4ccccc34)ccc21. The van der Waals surface area contributed by atoms with E-state index in [0.29, 0.717) is 18.0 Å². The number of hydrogen-bond donors (Lipinski definition) is 2. The number of aromatic nitrogens is 1. The van der Waals surface area contributed by atoms with Gasteiger partial charge in [0.15, 0.2) is 0 Å². The van der Waals surface area contributed by atoms with E-state index in [1.807, 2.05) is 67.4 Å². The maximum Gasteiger partial charge on any atom is 0.255 e. The van der Waals surface area contributed by atoms with E-state index in [4.69, 9.17) is 0 Å². The molecular formula is C27H26N4O2S. The van der Waals surface area contributed by atoms with Crippen LogP contribution >= 0.6 is 11.3 Å². The Morgan fingerprint density at radius 3 is 2.79 bits per heavy atom. The number of para-hydroxylation sites is 1. The summed E-state index contributed by atoms with van der Waals surface area (Å²) in [5.41, 5.74) is 4.77. The summed E-state index contributed by atoms with van der Waals surface area (Å²) in [5.74, 6) is 0.330. The van der Waals surface area contributed by atoms with E-state index in [2.05, 4.69) is 32.0 Å². The number of aromatic amines is 1. The highest BCUT2D eigenvalue weighted by Gasteiger charge is 2.45. The van der Waals surface area contributed by atoms with E-state index in [1.54, 1.807) is 11.3 Å². The van der Waals surface area contributed by atoms with Crippen LogP contribution in [-0.2, 0) is 10.2 Å². The Morgan fingerprint density at radius 2 is 2.00 bits per heavy atom. The molecule has 0 radical (unpaired) electrons. The first-order valence-corrected chi connectivity index (χ1v) is 12.5. The Kier molecular flexibility index (Phi) is 4.78. The first kappa shape index (κ1) is 21.0. The fourth-order valence-electron chi connectivity index (χ4n) is 5.13. The van der Waals surface area contributed by atoms with Crippen molar-refractivity contribution in [1.29, 1.82) is 0 Å². The van der Waals surface area contributed by atoms with Crippen LogP contribution in [-0.4, -0.2) is 36.4 Å². The van der Waals surface area contributed by atoms with Gasteiger partial charge in [-0.3, -0.25) is 9.59 Å². The number of hydrogen-bond acceptors (Lipinski definition) is 4. The van der Waals surface area contributed by atoms with Crippen LogP contribution < -0.4 is 15.1 Å². The maximum absolute atomic E-state index is 13.4. The van der Waals surface area contributed by atoms with Crippen LogP contribution in [0.3, 0.4) is 0 Å². The summed E-state index contributed by atoms with van der Waals surface area (Å²) >= 11 is 1.70. The second-order valence-corrected chi connectivity index (χ2v) is 10.5. The quantitative estimate of drug-likeness (QED) is 0.419. The molecule has 6 rings (SSSR count). The third kappa shape index (κ3) is 3.30. The molecule has 6 nitrogen and oxygen atoms in total. The van der Waals surface area contributed by atoms with E-state index in [1.165, 1.54) is 5.69 Å². The lowest BCUT2D eigenvalue weighted by molar-refractivity contribution is -0.122. The minimum Gasteiger partial charge on any atom is -0.370 e. The first-order valence-electron chi connectivity index (χ1n) is 11.5. The molecule has 0 atom stereocenters. The van der Waals surface area contributed by atoms with Gasteiger partial charge in [-0.15, -0.1) is 0 Å². The topological polar surface area (TPSA) is 68.4 Å². The van der Waals surface area contributed by atoms with Crippen LogP contribution in [0.2, 0.25) is 0 Å². The Balaban J connectivity index is 1.24. The summed E-state index contributed by atoms with van der Waals surface area (Å²) in [4.78, 5) is 33.9. The summed E-state index contributed by atoms with van der Waals surface area (Å²) in [6.45, 7) is 6.49. The average Bonchev–Trinajstić information content (AvgIpc) is 3.51. The molecule has 1 fully saturated rings. The molecule has 2 aromatic carbocycles. The fraction of sp³-hybridized carbons (Fsp3) is 0.259. The third-order valence-electron chi connectivity index (χ3n) is 7.11. The van der Waals surface area contributed by atoms with Gasteiger partial charge in [0.2, 0.25) is 5.91 Å². The molecule has 7 heteroatoms. The first-order chi connectivity index (χ1) is 16.4. The molecule has 172 valence electrons. The second-order valence-electron chi connectivity index (χ2n) is 9.73. The Hall–Kier alpha value is -3.58. The van der Waals surface area contributed by atoms with Gasteiger partial charge in [-0.2, -0.15) is 11.3 Å². The molecule has 34 heavy (non-hydrogen) atoms. The van der Waals surface area contributed by atoms with Crippen LogP contribution in [0.1, 0.15) is 29.8 Å². The summed E-state index contributed by atoms with van der Waals surface area (Å²) in [7, 11) is 0. The Morgan fingerprint density at radius 1 is 1.18 bits per heavy atom. The highest BCUT2D eigenvalue weighted by atomic mass is 32.1. The number of anilines is 3. The number of nitrogens with zero attached hydrogens (tertiary/aromatic N) is 2. The lowest BCUT2D eigenvalue weighted by Gasteiger charge is -2.42. The molecule has 4 heterocycles. The molecular weight excluding hydrogens is 444 g/mol. The number of amides is 2. The van der Waals surface area contributed by atoms with Crippen molar-refractivity contribution in [2.75, 3.05) is 34.8 Å². The van der Waals surface area contributed by atoms with Crippen LogP contribution in [0, 0.1) is 5.92 Å². The molecule has 2 aliphatic rings. The van der Waals surface area contributed by atoms with Gasteiger partial charge in [-0.05, 0) is 49.1 Å². The fourth-order valence-corrected chi connectivity index (χ4v) is 5.79. The number of benzene rings is 2. The maximum atomic E-state index is 13.4. The van der Waals surface area contributed by atoms with Gasteiger partial charge in [0.05, 0.1) is 11.1 Å². The Labute approximate surface area is 202 Å². The average molecular weight is 471 g/mol. The highest BCUT2D eigenvalue weighted by Crippen LogP contribution is 2.43. The molecule has 0 spiro atoms. The van der Waals surface area contributed by atoms with Crippen molar-refractivity contribution in [3.05, 3.63) is 76.6 Å². The van der Waals surface area contributed by atoms with Crippen LogP contribution in [0.5, 0.6) is 0 Å². The summed E-state index contributed by atoms with van der Waals surface area (Å²) in [6.07, 6.45) is 1.81. The number of rotatable bonds is 5. The summed E-state index contributed by atoms with van der Waals surface area (Å²) in [5, 5.41) is 8.24. The van der Waals surface area contributed by atoms with Crippen LogP contribution in [0.4, 0.5) is 17.1 Å². The minimum absolute atomic E-state index is 0.102. The zero-order chi connectivity index (χ0) is 23.4. The van der Waals surface area contributed by atoms with Crippen LogP contribution in [0.25, 0.3) is 10.9 Å². The molecule has 4 aromatic rings. The lowest BCUT2D eigenvalue weighted by atomic mass is 9.86. The number of carbonyl (C=O) groups is 2. The second kappa shape index (κ2) is 7.74. The number of nitrogens with one attached hydrogen (secondary N) is 2. The van der Waals surface area contributed by atoms with E-state index in [0.717, 1.165) is 40.9 Å². The smallest absolute Gasteiger partial charge is 0.255 e. The molecule has 0 saturated carbocycles. The van der Waals surface area contributed by atoms with Gasteiger partial charge in [0.25, 0.3) is 5.91 Å². The van der Waals surface area contributed by atoms with Crippen molar-refractivity contribution in [2.24, 2.45) is 5.92 Å². The molecule has 2 amide bonds. The van der Waals surface area contributed by atoms with Gasteiger partial charge in [0.1, 0.15) is 0 Å². The van der Waals surface area contributed by atoms with Crippen molar-refractivity contribution in [3.63, 3.8) is 0 Å². The minimum atomic E-state index is -0.599. The predicted molar refractivity (Wildman–Crippen MR) is 138 cm³/mol. The number of thiophene rings is 1. The normalized spacial score (nSPS) is 17.2. The van der Waals surface area contributed by atoms with Gasteiger partial charge in [-0.1, -0.05) is 24.3 Å². The molecule has 0 unspecified atom stereocenters. The third-order valence-corrected chi connectivity index (χ3v) is 7.78. The van der Waals surface area contributed by atoms with Crippen molar-refractivity contribution in [2.45, 2.75) is 19.3 Å². The predicted octanol–water partition coefficient (Wildman–Crippen LogP) is 5.24. The van der Waals surface area contributed by atoms with Crippen LogP contribution in [0.15, 0.2) is 65.5 Å². The highest BCUT2D eigenvalue weighted by molar-refractivity contribution is 7.08. The van der Waals surface area contributed by atoms with Gasteiger partial charge in [0, 0.05) is 65.0 Å². The zero-order valence-electron chi connectivity index (χ0n) is 19.2. The van der Waals surface area contributed by atoms with Crippen molar-refractivity contribution in [1.82, 2.24) is 4.98 Å². The zero-order valence-corrected chi connectivity index (χ0v) is 20.0. The number of fused-ring (bicyclic) bond motifs is 2. The monoisotopic (exact) mass is 470 g/mol. The van der Waals surface area contributed by atoms with Gasteiger partial charge < -0.3 is 20.1 Å². The van der Waals surface area contributed by atoms with Crippen molar-refractivity contribution in [3.8, 4) is 0 Å². The van der Waals surface area contributed by atoms with E-state index >= 15 is 0 Å². The largest absolute Gasteiger partial charge is 0.370 e. The van der Waals surface area contributed by atoms with Crippen molar-refractivity contribution >= 4 is 51.1 Å². The lowest BCUT2D eigenvalue weighted by Crippen LogP contribution is -2.52. The molecule has 0 aliphatic carbocycles.